The van der Waals surface area contributed by atoms with Crippen molar-refractivity contribution in [2.24, 2.45) is 11.8 Å². The lowest BCUT2D eigenvalue weighted by atomic mass is 9.85. The average molecular weight is 459 g/mol. The van der Waals surface area contributed by atoms with E-state index in [1.54, 1.807) is 0 Å². The third kappa shape index (κ3) is 4.70. The van der Waals surface area contributed by atoms with Gasteiger partial charge >= 0.3 is 0 Å². The number of fused-ring (bicyclic) bond motifs is 1. The monoisotopic (exact) mass is 458 g/mol. The van der Waals surface area contributed by atoms with Crippen molar-refractivity contribution in [3.8, 4) is 0 Å². The van der Waals surface area contributed by atoms with E-state index in [0.29, 0.717) is 12.0 Å². The van der Waals surface area contributed by atoms with E-state index in [9.17, 15) is 4.79 Å². The first-order chi connectivity index (χ1) is 16.5. The molecular weight excluding hydrogens is 420 g/mol. The Morgan fingerprint density at radius 1 is 1.03 bits per heavy atom. The van der Waals surface area contributed by atoms with Crippen LogP contribution in [0.25, 0.3) is 11.0 Å². The zero-order valence-corrected chi connectivity index (χ0v) is 20.9. The molecule has 5 rings (SSSR count). The van der Waals surface area contributed by atoms with Gasteiger partial charge in [0.25, 0.3) is 0 Å². The third-order valence-corrected chi connectivity index (χ3v) is 8.06. The Bertz CT molecular complexity index is 1160. The Morgan fingerprint density at radius 2 is 1.79 bits per heavy atom. The second-order valence-corrected chi connectivity index (χ2v) is 10.6. The first-order valence-electron chi connectivity index (χ1n) is 13.1. The maximum atomic E-state index is 13.0. The van der Waals surface area contributed by atoms with E-state index in [4.69, 9.17) is 4.98 Å². The maximum Gasteiger partial charge on any atom is 0.223 e. The van der Waals surface area contributed by atoms with E-state index >= 15 is 0 Å². The van der Waals surface area contributed by atoms with Gasteiger partial charge < -0.3 is 14.8 Å². The number of rotatable bonds is 5. The third-order valence-electron chi connectivity index (χ3n) is 8.06. The first kappa shape index (κ1) is 22.9. The van der Waals surface area contributed by atoms with Gasteiger partial charge in [-0.3, -0.25) is 4.79 Å². The van der Waals surface area contributed by atoms with Crippen LogP contribution in [0.3, 0.4) is 0 Å². The van der Waals surface area contributed by atoms with Crippen molar-refractivity contribution in [3.05, 3.63) is 59.2 Å². The molecule has 1 aliphatic heterocycles. The molecular formula is C29H38N4O. The fraction of sp³-hybridized carbons (Fsp3) is 0.517. The first-order valence-corrected chi connectivity index (χ1v) is 13.1. The summed E-state index contributed by atoms with van der Waals surface area (Å²) in [5.74, 6) is 2.01. The Kier molecular flexibility index (Phi) is 6.62. The molecule has 1 saturated heterocycles. The largest absolute Gasteiger partial charge is 0.353 e. The topological polar surface area (TPSA) is 50.2 Å². The van der Waals surface area contributed by atoms with Crippen LogP contribution in [0.15, 0.2) is 42.5 Å². The Labute approximate surface area is 203 Å². The number of hydrogen-bond acceptors (Lipinski definition) is 3. The molecule has 34 heavy (non-hydrogen) atoms. The number of nitrogens with zero attached hydrogens (tertiary/aromatic N) is 3. The minimum absolute atomic E-state index is 0.113. The molecule has 0 unspecified atom stereocenters. The number of benzene rings is 2. The summed E-state index contributed by atoms with van der Waals surface area (Å²) in [5, 5.41) is 3.39. The summed E-state index contributed by atoms with van der Waals surface area (Å²) >= 11 is 0. The number of carbonyl (C=O) groups excluding carboxylic acids is 1. The molecule has 1 aliphatic carbocycles. The Morgan fingerprint density at radius 3 is 2.59 bits per heavy atom. The number of imidazole rings is 1. The van der Waals surface area contributed by atoms with Gasteiger partial charge in [-0.25, -0.2) is 4.98 Å². The normalized spacial score (nSPS) is 21.7. The van der Waals surface area contributed by atoms with Crippen LogP contribution in [0.2, 0.25) is 0 Å². The lowest BCUT2D eigenvalue weighted by Gasteiger charge is -2.35. The van der Waals surface area contributed by atoms with Gasteiger partial charge in [0.1, 0.15) is 0 Å². The lowest BCUT2D eigenvalue weighted by molar-refractivity contribution is -0.126. The molecule has 2 atom stereocenters. The van der Waals surface area contributed by atoms with E-state index in [-0.39, 0.29) is 11.8 Å². The smallest absolute Gasteiger partial charge is 0.223 e. The van der Waals surface area contributed by atoms with Gasteiger partial charge in [0.15, 0.2) is 0 Å². The van der Waals surface area contributed by atoms with E-state index in [1.807, 2.05) is 0 Å². The van der Waals surface area contributed by atoms with Crippen LogP contribution in [-0.4, -0.2) is 34.6 Å². The molecule has 1 N–H and O–H groups in total. The van der Waals surface area contributed by atoms with Crippen molar-refractivity contribution in [3.63, 3.8) is 0 Å². The van der Waals surface area contributed by atoms with E-state index in [1.165, 1.54) is 41.5 Å². The standard InChI is InChI=1S/C29H38N4O/c1-20-12-13-21(2)24(18-20)19-33-27-11-7-6-10-26(27)31-29(33)32-16-14-23(15-17-32)28(34)30-25-9-5-4-8-22(25)3/h6-7,10-13,18,22-23,25H,4-5,8-9,14-17,19H2,1-3H3,(H,30,34)/t22-,25+/m1/s1. The predicted octanol–water partition coefficient (Wildman–Crippen LogP) is 5.61. The van der Waals surface area contributed by atoms with Crippen molar-refractivity contribution in [2.75, 3.05) is 18.0 Å². The number of para-hydroxylation sites is 2. The fourth-order valence-electron chi connectivity index (χ4n) is 5.77. The quantitative estimate of drug-likeness (QED) is 0.540. The van der Waals surface area contributed by atoms with Crippen molar-refractivity contribution in [1.29, 1.82) is 0 Å². The molecule has 0 bridgehead atoms. The number of nitrogens with one attached hydrogen (secondary N) is 1. The highest BCUT2D eigenvalue weighted by Gasteiger charge is 2.30. The highest BCUT2D eigenvalue weighted by Crippen LogP contribution is 2.30. The number of anilines is 1. The summed E-state index contributed by atoms with van der Waals surface area (Å²) in [6.45, 7) is 9.17. The van der Waals surface area contributed by atoms with Gasteiger partial charge in [0, 0.05) is 25.0 Å². The van der Waals surface area contributed by atoms with Crippen LogP contribution < -0.4 is 10.2 Å². The summed E-state index contributed by atoms with van der Waals surface area (Å²) in [7, 11) is 0. The van der Waals surface area contributed by atoms with Crippen LogP contribution in [0, 0.1) is 25.7 Å². The lowest BCUT2D eigenvalue weighted by Crippen LogP contribution is -2.47. The molecule has 1 amide bonds. The van der Waals surface area contributed by atoms with Crippen LogP contribution in [0.4, 0.5) is 5.95 Å². The highest BCUT2D eigenvalue weighted by molar-refractivity contribution is 5.80. The summed E-state index contributed by atoms with van der Waals surface area (Å²) in [6, 6.07) is 15.5. The molecule has 2 aromatic carbocycles. The fourth-order valence-corrected chi connectivity index (χ4v) is 5.77. The van der Waals surface area contributed by atoms with E-state index < -0.39 is 0 Å². The molecule has 5 nitrogen and oxygen atoms in total. The minimum Gasteiger partial charge on any atom is -0.353 e. The van der Waals surface area contributed by atoms with E-state index in [0.717, 1.165) is 50.4 Å². The van der Waals surface area contributed by atoms with Crippen molar-refractivity contribution in [1.82, 2.24) is 14.9 Å². The molecule has 2 fully saturated rings. The number of carbonyl (C=O) groups is 1. The molecule has 5 heteroatoms. The predicted molar refractivity (Wildman–Crippen MR) is 139 cm³/mol. The molecule has 180 valence electrons. The summed E-state index contributed by atoms with van der Waals surface area (Å²) in [6.07, 6.45) is 6.69. The molecule has 0 spiro atoms. The number of aromatic nitrogens is 2. The molecule has 2 aliphatic rings. The number of amides is 1. The van der Waals surface area contributed by atoms with Crippen molar-refractivity contribution < 1.29 is 4.79 Å². The second-order valence-electron chi connectivity index (χ2n) is 10.6. The summed E-state index contributed by atoms with van der Waals surface area (Å²) in [5.41, 5.74) is 6.13. The molecule has 3 aromatic rings. The van der Waals surface area contributed by atoms with Crippen molar-refractivity contribution in [2.45, 2.75) is 71.9 Å². The average Bonchev–Trinajstić information content (AvgIpc) is 3.21. The minimum atomic E-state index is 0.113. The zero-order chi connectivity index (χ0) is 23.7. The van der Waals surface area contributed by atoms with Crippen LogP contribution >= 0.6 is 0 Å². The van der Waals surface area contributed by atoms with Gasteiger partial charge in [-0.05, 0) is 68.7 Å². The van der Waals surface area contributed by atoms with Crippen LogP contribution in [0.1, 0.15) is 62.1 Å². The molecule has 2 heterocycles. The zero-order valence-electron chi connectivity index (χ0n) is 20.9. The van der Waals surface area contributed by atoms with Gasteiger partial charge in [-0.1, -0.05) is 55.7 Å². The van der Waals surface area contributed by atoms with Gasteiger partial charge in [0.05, 0.1) is 17.6 Å². The summed E-state index contributed by atoms with van der Waals surface area (Å²) in [4.78, 5) is 20.5. The number of aryl methyl sites for hydroxylation is 2. The van der Waals surface area contributed by atoms with Crippen molar-refractivity contribution >= 4 is 22.9 Å². The van der Waals surface area contributed by atoms with Crippen LogP contribution in [0.5, 0.6) is 0 Å². The van der Waals surface area contributed by atoms with Gasteiger partial charge in [0.2, 0.25) is 11.9 Å². The highest BCUT2D eigenvalue weighted by atomic mass is 16.2. The molecule has 1 saturated carbocycles. The molecule has 1 aromatic heterocycles. The Hall–Kier alpha value is -2.82. The Balaban J connectivity index is 1.32. The summed E-state index contributed by atoms with van der Waals surface area (Å²) < 4.78 is 2.36. The SMILES string of the molecule is Cc1ccc(C)c(Cn2c(N3CCC(C(=O)N[C@H]4CCCC[C@H]4C)CC3)nc3ccccc32)c1. The van der Waals surface area contributed by atoms with Gasteiger partial charge in [-0.2, -0.15) is 0 Å². The molecule has 0 radical (unpaired) electrons. The van der Waals surface area contributed by atoms with Gasteiger partial charge in [-0.15, -0.1) is 0 Å². The number of piperidine rings is 1. The van der Waals surface area contributed by atoms with Crippen LogP contribution in [-0.2, 0) is 11.3 Å². The second kappa shape index (κ2) is 9.81. The number of hydrogen-bond donors (Lipinski definition) is 1. The maximum absolute atomic E-state index is 13.0. The van der Waals surface area contributed by atoms with E-state index in [2.05, 4.69) is 78.0 Å².